The highest BCUT2D eigenvalue weighted by atomic mass is 16.4. The highest BCUT2D eigenvalue weighted by molar-refractivity contribution is 5.79. The molecule has 2 aliphatic carbocycles. The zero-order valence-electron chi connectivity index (χ0n) is 12.8. The van der Waals surface area contributed by atoms with Gasteiger partial charge in [0.25, 0.3) is 0 Å². The van der Waals surface area contributed by atoms with E-state index in [1.54, 1.807) is 4.90 Å². The second kappa shape index (κ2) is 7.59. The van der Waals surface area contributed by atoms with Crippen molar-refractivity contribution in [3.8, 4) is 0 Å². The molecule has 0 unspecified atom stereocenters. The standard InChI is InChI=1S/C16H26N2O3/c1-18(14-4-2-3-5-14)15(19)11-17-10-12-6-8-13(9-7-12)16(20)21/h4,12-13,17H,2-3,5-11H2,1H3,(H,20,21). The predicted octanol–water partition coefficient (Wildman–Crippen LogP) is 1.99. The summed E-state index contributed by atoms with van der Waals surface area (Å²) in [5.74, 6) is -0.210. The number of carbonyl (C=O) groups excluding carboxylic acids is 1. The average Bonchev–Trinajstić information content (AvgIpc) is 3.01. The maximum atomic E-state index is 12.1. The summed E-state index contributed by atoms with van der Waals surface area (Å²) in [6.07, 6.45) is 8.79. The van der Waals surface area contributed by atoms with Crippen LogP contribution in [-0.2, 0) is 9.59 Å². The third kappa shape index (κ3) is 4.56. The van der Waals surface area contributed by atoms with Crippen LogP contribution in [0.5, 0.6) is 0 Å². The molecule has 0 saturated heterocycles. The Kier molecular flexibility index (Phi) is 5.79. The first-order chi connectivity index (χ1) is 10.1. The molecule has 2 aliphatic rings. The molecule has 0 heterocycles. The summed E-state index contributed by atoms with van der Waals surface area (Å²) in [5, 5.41) is 12.2. The van der Waals surface area contributed by atoms with Crippen molar-refractivity contribution in [3.63, 3.8) is 0 Å². The van der Waals surface area contributed by atoms with Crippen molar-refractivity contribution in [2.45, 2.75) is 44.9 Å². The van der Waals surface area contributed by atoms with Crippen LogP contribution in [0.25, 0.3) is 0 Å². The van der Waals surface area contributed by atoms with Gasteiger partial charge in [-0.15, -0.1) is 0 Å². The number of hydrogen-bond acceptors (Lipinski definition) is 3. The minimum Gasteiger partial charge on any atom is -0.481 e. The van der Waals surface area contributed by atoms with Gasteiger partial charge in [0.1, 0.15) is 0 Å². The largest absolute Gasteiger partial charge is 0.481 e. The molecule has 0 aromatic carbocycles. The van der Waals surface area contributed by atoms with Crippen LogP contribution in [0, 0.1) is 11.8 Å². The van der Waals surface area contributed by atoms with E-state index in [1.165, 1.54) is 0 Å². The van der Waals surface area contributed by atoms with Crippen molar-refractivity contribution in [3.05, 3.63) is 11.8 Å². The molecule has 0 radical (unpaired) electrons. The lowest BCUT2D eigenvalue weighted by atomic mass is 9.82. The quantitative estimate of drug-likeness (QED) is 0.786. The van der Waals surface area contributed by atoms with Crippen LogP contribution in [-0.4, -0.2) is 42.0 Å². The Bertz CT molecular complexity index is 412. The summed E-state index contributed by atoms with van der Waals surface area (Å²) >= 11 is 0. The molecule has 0 spiro atoms. The molecular weight excluding hydrogens is 268 g/mol. The lowest BCUT2D eigenvalue weighted by molar-refractivity contribution is -0.143. The molecule has 5 nitrogen and oxygen atoms in total. The van der Waals surface area contributed by atoms with Gasteiger partial charge in [0.05, 0.1) is 12.5 Å². The van der Waals surface area contributed by atoms with E-state index in [4.69, 9.17) is 5.11 Å². The minimum absolute atomic E-state index is 0.113. The Morgan fingerprint density at radius 2 is 2.05 bits per heavy atom. The first-order valence-corrected chi connectivity index (χ1v) is 7.97. The molecule has 2 rings (SSSR count). The lowest BCUT2D eigenvalue weighted by Gasteiger charge is -2.26. The Balaban J connectivity index is 1.63. The van der Waals surface area contributed by atoms with Crippen LogP contribution in [0.3, 0.4) is 0 Å². The zero-order chi connectivity index (χ0) is 15.2. The number of likely N-dealkylation sites (N-methyl/N-ethyl adjacent to an activating group) is 1. The Morgan fingerprint density at radius 3 is 2.62 bits per heavy atom. The average molecular weight is 294 g/mol. The molecule has 5 heteroatoms. The second-order valence-corrected chi connectivity index (χ2v) is 6.23. The van der Waals surface area contributed by atoms with E-state index >= 15 is 0 Å². The Labute approximate surface area is 126 Å². The summed E-state index contributed by atoms with van der Waals surface area (Å²) in [5.41, 5.74) is 1.14. The summed E-state index contributed by atoms with van der Waals surface area (Å²) in [4.78, 5) is 24.7. The van der Waals surface area contributed by atoms with Crippen molar-refractivity contribution in [1.82, 2.24) is 10.2 Å². The van der Waals surface area contributed by atoms with Gasteiger partial charge >= 0.3 is 5.97 Å². The molecular formula is C16H26N2O3. The van der Waals surface area contributed by atoms with Crippen LogP contribution in [0.15, 0.2) is 11.8 Å². The molecule has 2 N–H and O–H groups in total. The predicted molar refractivity (Wildman–Crippen MR) is 80.7 cm³/mol. The van der Waals surface area contributed by atoms with Crippen molar-refractivity contribution in [1.29, 1.82) is 0 Å². The van der Waals surface area contributed by atoms with E-state index in [2.05, 4.69) is 11.4 Å². The topological polar surface area (TPSA) is 69.6 Å². The number of aliphatic carboxylic acids is 1. The minimum atomic E-state index is -0.664. The first kappa shape index (κ1) is 16.0. The summed E-state index contributed by atoms with van der Waals surface area (Å²) in [6, 6.07) is 0. The van der Waals surface area contributed by atoms with E-state index in [0.717, 1.165) is 57.2 Å². The highest BCUT2D eigenvalue weighted by Gasteiger charge is 2.25. The number of allylic oxidation sites excluding steroid dienone is 2. The zero-order valence-corrected chi connectivity index (χ0v) is 12.8. The third-order valence-corrected chi connectivity index (χ3v) is 4.73. The van der Waals surface area contributed by atoms with Crippen molar-refractivity contribution >= 4 is 11.9 Å². The molecule has 118 valence electrons. The number of hydrogen-bond donors (Lipinski definition) is 2. The Hall–Kier alpha value is -1.36. The van der Waals surface area contributed by atoms with Crippen LogP contribution >= 0.6 is 0 Å². The van der Waals surface area contributed by atoms with Crippen molar-refractivity contribution < 1.29 is 14.7 Å². The molecule has 0 bridgehead atoms. The van der Waals surface area contributed by atoms with Crippen molar-refractivity contribution in [2.75, 3.05) is 20.1 Å². The fourth-order valence-electron chi connectivity index (χ4n) is 3.23. The molecule has 0 atom stereocenters. The number of carboxylic acid groups (broad SMARTS) is 1. The first-order valence-electron chi connectivity index (χ1n) is 7.97. The molecule has 1 amide bonds. The molecule has 1 fully saturated rings. The second-order valence-electron chi connectivity index (χ2n) is 6.23. The van der Waals surface area contributed by atoms with Gasteiger partial charge in [-0.2, -0.15) is 0 Å². The number of carbonyl (C=O) groups is 2. The van der Waals surface area contributed by atoms with Crippen LogP contribution in [0.4, 0.5) is 0 Å². The van der Waals surface area contributed by atoms with E-state index in [0.29, 0.717) is 12.5 Å². The van der Waals surface area contributed by atoms with E-state index in [1.807, 2.05) is 7.05 Å². The highest BCUT2D eigenvalue weighted by Crippen LogP contribution is 2.28. The fourth-order valence-corrected chi connectivity index (χ4v) is 3.23. The van der Waals surface area contributed by atoms with Crippen LogP contribution in [0.1, 0.15) is 44.9 Å². The molecule has 1 saturated carbocycles. The number of rotatable bonds is 6. The summed E-state index contributed by atoms with van der Waals surface area (Å²) < 4.78 is 0. The molecule has 0 aromatic rings. The summed E-state index contributed by atoms with van der Waals surface area (Å²) in [6.45, 7) is 1.18. The number of nitrogens with zero attached hydrogens (tertiary/aromatic N) is 1. The van der Waals surface area contributed by atoms with E-state index in [9.17, 15) is 9.59 Å². The van der Waals surface area contributed by atoms with E-state index < -0.39 is 5.97 Å². The lowest BCUT2D eigenvalue weighted by Crippen LogP contribution is -2.37. The van der Waals surface area contributed by atoms with Gasteiger partial charge in [-0.25, -0.2) is 0 Å². The number of carboxylic acids is 1. The van der Waals surface area contributed by atoms with Gasteiger partial charge in [-0.3, -0.25) is 9.59 Å². The maximum absolute atomic E-state index is 12.1. The smallest absolute Gasteiger partial charge is 0.306 e. The molecule has 0 aromatic heterocycles. The van der Waals surface area contributed by atoms with Crippen molar-refractivity contribution in [2.24, 2.45) is 11.8 Å². The maximum Gasteiger partial charge on any atom is 0.306 e. The van der Waals surface area contributed by atoms with Gasteiger partial charge in [-0.1, -0.05) is 6.08 Å². The number of nitrogens with one attached hydrogen (secondary N) is 1. The number of amides is 1. The van der Waals surface area contributed by atoms with Gasteiger partial charge in [0.15, 0.2) is 0 Å². The van der Waals surface area contributed by atoms with Crippen LogP contribution < -0.4 is 5.32 Å². The monoisotopic (exact) mass is 294 g/mol. The van der Waals surface area contributed by atoms with Gasteiger partial charge in [0.2, 0.25) is 5.91 Å². The fraction of sp³-hybridized carbons (Fsp3) is 0.750. The van der Waals surface area contributed by atoms with Gasteiger partial charge in [-0.05, 0) is 57.4 Å². The van der Waals surface area contributed by atoms with Gasteiger partial charge < -0.3 is 15.3 Å². The normalized spacial score (nSPS) is 25.5. The third-order valence-electron chi connectivity index (χ3n) is 4.73. The summed E-state index contributed by atoms with van der Waals surface area (Å²) in [7, 11) is 1.85. The molecule has 0 aliphatic heterocycles. The van der Waals surface area contributed by atoms with Gasteiger partial charge in [0, 0.05) is 12.7 Å². The Morgan fingerprint density at radius 1 is 1.33 bits per heavy atom. The van der Waals surface area contributed by atoms with Crippen LogP contribution in [0.2, 0.25) is 0 Å². The SMILES string of the molecule is CN(C(=O)CNCC1CCC(C(=O)O)CC1)C1=CCCC1. The molecule has 21 heavy (non-hydrogen) atoms. The van der Waals surface area contributed by atoms with E-state index in [-0.39, 0.29) is 11.8 Å².